The van der Waals surface area contributed by atoms with Gasteiger partial charge in [0, 0.05) is 0 Å². The third-order valence-corrected chi connectivity index (χ3v) is 6.72. The van der Waals surface area contributed by atoms with Crippen molar-refractivity contribution in [1.29, 1.82) is 0 Å². The fraction of sp³-hybridized carbons (Fsp3) is 0.400. The first-order valence-corrected chi connectivity index (χ1v) is 10.8. The average Bonchev–Trinajstić information content (AvgIpc) is 2.46. The minimum absolute atomic E-state index is 0.108. The van der Waals surface area contributed by atoms with E-state index in [9.17, 15) is 14.6 Å². The zero-order valence-electron chi connectivity index (χ0n) is 12.7. The molecule has 1 aromatic rings. The summed E-state index contributed by atoms with van der Waals surface area (Å²) in [7, 11) is -10.5. The second-order valence-electron chi connectivity index (χ2n) is 5.09. The molecule has 0 spiro atoms. The van der Waals surface area contributed by atoms with Crippen LogP contribution in [0.2, 0.25) is 0 Å². The summed E-state index contributed by atoms with van der Waals surface area (Å²) in [4.78, 5) is 60.8. The van der Waals surface area contributed by atoms with Crippen molar-refractivity contribution in [3.05, 3.63) is 34.9 Å². The van der Waals surface area contributed by atoms with Crippen molar-refractivity contribution in [2.45, 2.75) is 12.5 Å². The Hall–Kier alpha value is -0.610. The molecular formula is C10H18N3O9P3. The number of nitrogens with zero attached hydrogens (tertiary/aromatic N) is 2. The van der Waals surface area contributed by atoms with Gasteiger partial charge in [-0.3, -0.25) is 0 Å². The third-order valence-electron chi connectivity index (χ3n) is 3.46. The maximum atomic E-state index is 11.8. The molecule has 0 aromatic carbocycles. The molecular weight excluding hydrogens is 399 g/mol. The van der Waals surface area contributed by atoms with E-state index in [1.807, 2.05) is 0 Å². The Morgan fingerprint density at radius 1 is 1.44 bits per heavy atom. The van der Waals surface area contributed by atoms with Gasteiger partial charge in [0.2, 0.25) is 0 Å². The van der Waals surface area contributed by atoms with Gasteiger partial charge in [0.25, 0.3) is 0 Å². The molecule has 1 heterocycles. The molecule has 0 bridgehead atoms. The second kappa shape index (κ2) is 8.39. The number of nitrogens with two attached hydrogens (primary N) is 1. The molecule has 25 heavy (non-hydrogen) atoms. The molecule has 0 saturated heterocycles. The SMILES string of the molecule is C=C1C(CO[PH](O)(O)OP(O)OP(O)O)CC1n1ccc(N)nc1=O. The van der Waals surface area contributed by atoms with Gasteiger partial charge in [0.15, 0.2) is 0 Å². The van der Waals surface area contributed by atoms with Crippen LogP contribution in [-0.4, -0.2) is 40.6 Å². The van der Waals surface area contributed by atoms with Crippen molar-refractivity contribution in [3.63, 3.8) is 0 Å². The van der Waals surface area contributed by atoms with E-state index in [1.54, 1.807) is 0 Å². The molecule has 142 valence electrons. The van der Waals surface area contributed by atoms with Crippen molar-refractivity contribution in [1.82, 2.24) is 9.55 Å². The van der Waals surface area contributed by atoms with Gasteiger partial charge in [-0.25, -0.2) is 0 Å². The maximum absolute atomic E-state index is 11.8. The summed E-state index contributed by atoms with van der Waals surface area (Å²) in [5, 5.41) is 0. The Bertz CT molecular complexity index is 685. The predicted molar refractivity (Wildman–Crippen MR) is 90.6 cm³/mol. The van der Waals surface area contributed by atoms with E-state index >= 15 is 0 Å². The Balaban J connectivity index is 1.85. The van der Waals surface area contributed by atoms with Gasteiger partial charge in [-0.15, -0.1) is 0 Å². The first kappa shape index (κ1) is 20.7. The molecule has 3 atom stereocenters. The molecule has 1 aliphatic rings. The fourth-order valence-electron chi connectivity index (χ4n) is 2.23. The topological polar surface area (TPSA) is 190 Å². The normalized spacial score (nSPS) is 22.7. The van der Waals surface area contributed by atoms with Crippen LogP contribution in [0.25, 0.3) is 0 Å². The van der Waals surface area contributed by atoms with E-state index in [0.29, 0.717) is 12.0 Å². The van der Waals surface area contributed by atoms with Crippen LogP contribution in [-0.2, 0) is 13.1 Å². The van der Waals surface area contributed by atoms with Crippen molar-refractivity contribution in [2.24, 2.45) is 5.92 Å². The minimum atomic E-state index is -4.72. The van der Waals surface area contributed by atoms with Crippen LogP contribution >= 0.6 is 25.4 Å². The average molecular weight is 417 g/mol. The molecule has 2 rings (SSSR count). The Morgan fingerprint density at radius 3 is 2.68 bits per heavy atom. The summed E-state index contributed by atoms with van der Waals surface area (Å²) in [6.07, 6.45) is 1.94. The molecule has 0 aliphatic heterocycles. The quantitative estimate of drug-likeness (QED) is 0.243. The van der Waals surface area contributed by atoms with Gasteiger partial charge in [-0.1, -0.05) is 0 Å². The van der Waals surface area contributed by atoms with E-state index in [0.717, 1.165) is 0 Å². The van der Waals surface area contributed by atoms with E-state index in [-0.39, 0.29) is 24.4 Å². The molecule has 1 fully saturated rings. The molecule has 0 amide bonds. The molecule has 7 N–H and O–H groups in total. The van der Waals surface area contributed by atoms with Crippen molar-refractivity contribution in [2.75, 3.05) is 12.3 Å². The number of rotatable bonds is 8. The zero-order valence-corrected chi connectivity index (χ0v) is 15.5. The molecule has 1 aliphatic carbocycles. The Morgan fingerprint density at radius 2 is 2.12 bits per heavy atom. The molecule has 3 unspecified atom stereocenters. The summed E-state index contributed by atoms with van der Waals surface area (Å²) in [5.74, 6) is -0.167. The number of nitrogen functional groups attached to an aromatic ring is 1. The zero-order chi connectivity index (χ0) is 18.8. The van der Waals surface area contributed by atoms with Gasteiger partial charge in [0.05, 0.1) is 0 Å². The van der Waals surface area contributed by atoms with Gasteiger partial charge < -0.3 is 0 Å². The third kappa shape index (κ3) is 5.68. The second-order valence-corrected chi connectivity index (χ2v) is 8.84. The fourth-order valence-corrected chi connectivity index (χ4v) is 4.61. The number of anilines is 1. The standard InChI is InChI=1S/C10H18N3O9P3/c1-6-7(4-8(6)13-3-2-9(11)12-10(13)14)5-20-25(18,19)22-24(17)21-23(15)16/h2-3,7-8,15-19,25H,1,4-5H2,(H2,11,12,14). The van der Waals surface area contributed by atoms with Gasteiger partial charge in [-0.2, -0.15) is 0 Å². The van der Waals surface area contributed by atoms with Crippen LogP contribution < -0.4 is 11.4 Å². The first-order valence-electron chi connectivity index (χ1n) is 6.75. The first-order chi connectivity index (χ1) is 11.6. The van der Waals surface area contributed by atoms with E-state index in [2.05, 4.69) is 20.2 Å². The van der Waals surface area contributed by atoms with Crippen LogP contribution in [0, 0.1) is 5.92 Å². The van der Waals surface area contributed by atoms with Gasteiger partial charge in [0.1, 0.15) is 0 Å². The van der Waals surface area contributed by atoms with Crippen molar-refractivity contribution < 1.29 is 37.6 Å². The number of hydrogen-bond donors (Lipinski definition) is 6. The van der Waals surface area contributed by atoms with Crippen molar-refractivity contribution >= 4 is 31.2 Å². The summed E-state index contributed by atoms with van der Waals surface area (Å²) in [6, 6.07) is 1.17. The molecule has 15 heteroatoms. The molecule has 1 aromatic heterocycles. The number of hydrogen-bond acceptors (Lipinski definition) is 11. The van der Waals surface area contributed by atoms with E-state index in [4.69, 9.17) is 24.9 Å². The van der Waals surface area contributed by atoms with Gasteiger partial charge >= 0.3 is 144 Å². The number of aromatic nitrogens is 2. The summed E-state index contributed by atoms with van der Waals surface area (Å²) >= 11 is 0. The van der Waals surface area contributed by atoms with Crippen LogP contribution in [0.3, 0.4) is 0 Å². The van der Waals surface area contributed by atoms with Crippen molar-refractivity contribution in [3.8, 4) is 0 Å². The summed E-state index contributed by atoms with van der Waals surface area (Å²) in [5.41, 5.74) is 5.52. The Labute approximate surface area is 144 Å². The van der Waals surface area contributed by atoms with E-state index < -0.39 is 31.1 Å². The van der Waals surface area contributed by atoms with Gasteiger partial charge in [-0.05, 0) is 0 Å². The summed E-state index contributed by atoms with van der Waals surface area (Å²) < 4.78 is 14.7. The molecule has 0 radical (unpaired) electrons. The monoisotopic (exact) mass is 417 g/mol. The Kier molecular flexibility index (Phi) is 6.94. The van der Waals surface area contributed by atoms with Crippen LogP contribution in [0.1, 0.15) is 12.5 Å². The van der Waals surface area contributed by atoms with Crippen LogP contribution in [0.15, 0.2) is 29.2 Å². The summed E-state index contributed by atoms with van der Waals surface area (Å²) in [6.45, 7) is 3.66. The molecule has 1 saturated carbocycles. The predicted octanol–water partition coefficient (Wildman–Crippen LogP) is -0.182. The molecule has 12 nitrogen and oxygen atoms in total. The van der Waals surface area contributed by atoms with Crippen LogP contribution in [0.4, 0.5) is 5.82 Å². The van der Waals surface area contributed by atoms with Crippen LogP contribution in [0.5, 0.6) is 0 Å². The van der Waals surface area contributed by atoms with E-state index in [1.165, 1.54) is 16.8 Å².